The van der Waals surface area contributed by atoms with Gasteiger partial charge in [0.2, 0.25) is 0 Å². The zero-order chi connectivity index (χ0) is 69.0. The molecule has 12 heterocycles. The van der Waals surface area contributed by atoms with Crippen LogP contribution >= 0.6 is 0 Å². The lowest BCUT2D eigenvalue weighted by atomic mass is 10.1. The van der Waals surface area contributed by atoms with Gasteiger partial charge in [0.05, 0.1) is 106 Å². The van der Waals surface area contributed by atoms with E-state index in [9.17, 15) is 42.9 Å². The van der Waals surface area contributed by atoms with Crippen LogP contribution in [0, 0.1) is 0 Å². The Hall–Kier alpha value is -11.5. The SMILES string of the molecule is CC(C)(O)Cn1cc(NC(=O)c2ccc(-c3cn[nH]c3)o2)c(-c2ccccn2)n1.Cn1cc(-c2ccc(C(=O)Nc3cn(CC(C)(C)O)nc3-c3ccccn3)o2)cn1.Cn1cc(-c2ccc(C(=O)Nc3cn(CC(C)(C)O)nc3-c3ccccn3)o2)cn1.OOOC(F)(F)F. The van der Waals surface area contributed by atoms with Gasteiger partial charge in [0.25, 0.3) is 17.7 Å². The first kappa shape index (κ1) is 68.9. The van der Waals surface area contributed by atoms with Crippen LogP contribution in [0.25, 0.3) is 68.1 Å². The molecular formula is C63H65F3N18O12. The lowest BCUT2D eigenvalue weighted by Gasteiger charge is -2.16. The second-order valence-corrected chi connectivity index (χ2v) is 23.1. The number of halogens is 3. The summed E-state index contributed by atoms with van der Waals surface area (Å²) in [5.74, 6) is 0.879. The van der Waals surface area contributed by atoms with Crippen molar-refractivity contribution in [2.45, 2.75) is 84.3 Å². The highest BCUT2D eigenvalue weighted by Gasteiger charge is 2.31. The van der Waals surface area contributed by atoms with Gasteiger partial charge in [-0.2, -0.15) is 30.6 Å². The summed E-state index contributed by atoms with van der Waals surface area (Å²) in [4.78, 5) is 53.6. The van der Waals surface area contributed by atoms with Crippen LogP contribution in [0.4, 0.5) is 30.2 Å². The third-order valence-electron chi connectivity index (χ3n) is 12.8. The van der Waals surface area contributed by atoms with Gasteiger partial charge < -0.3 is 44.5 Å². The van der Waals surface area contributed by atoms with Gasteiger partial charge in [0.1, 0.15) is 34.4 Å². The molecule has 0 radical (unpaired) electrons. The quantitative estimate of drug-likeness (QED) is 0.0275. The van der Waals surface area contributed by atoms with E-state index in [1.807, 2.05) is 32.3 Å². The number of aromatic amines is 1. The highest BCUT2D eigenvalue weighted by Crippen LogP contribution is 2.32. The van der Waals surface area contributed by atoms with Gasteiger partial charge >= 0.3 is 6.36 Å². The molecule has 96 heavy (non-hydrogen) atoms. The van der Waals surface area contributed by atoms with Crippen LogP contribution in [0.1, 0.15) is 73.2 Å². The van der Waals surface area contributed by atoms with Gasteiger partial charge in [-0.15, -0.1) is 18.1 Å². The Balaban J connectivity index is 0.000000161. The van der Waals surface area contributed by atoms with Gasteiger partial charge in [-0.25, -0.2) is 5.26 Å². The Labute approximate surface area is 543 Å². The number of aryl methyl sites for hydroxylation is 2. The van der Waals surface area contributed by atoms with Crippen molar-refractivity contribution in [3.8, 4) is 68.1 Å². The van der Waals surface area contributed by atoms with E-state index in [4.69, 9.17) is 18.5 Å². The summed E-state index contributed by atoms with van der Waals surface area (Å²) in [6.07, 6.45) is 15.3. The maximum atomic E-state index is 12.8. The van der Waals surface area contributed by atoms with Crippen molar-refractivity contribution in [1.82, 2.24) is 74.1 Å². The van der Waals surface area contributed by atoms with Gasteiger partial charge in [0.15, 0.2) is 17.3 Å². The smallest absolute Gasteiger partial charge is 0.451 e. The van der Waals surface area contributed by atoms with Crippen molar-refractivity contribution in [2.75, 3.05) is 16.0 Å². The van der Waals surface area contributed by atoms with Crippen molar-refractivity contribution in [3.05, 3.63) is 183 Å². The minimum atomic E-state index is -4.92. The monoisotopic (exact) mass is 1320 g/mol. The molecule has 0 aliphatic rings. The third-order valence-corrected chi connectivity index (χ3v) is 12.8. The maximum absolute atomic E-state index is 12.8. The molecule has 33 heteroatoms. The molecule has 0 aliphatic heterocycles. The molecule has 0 unspecified atom stereocenters. The molecule has 3 amide bonds. The Morgan fingerprint density at radius 2 is 0.844 bits per heavy atom. The van der Waals surface area contributed by atoms with E-state index in [0.29, 0.717) is 68.5 Å². The summed E-state index contributed by atoms with van der Waals surface area (Å²) in [5, 5.41) is 76.4. The normalized spacial score (nSPS) is 11.6. The molecule has 0 atom stereocenters. The molecule has 8 N–H and O–H groups in total. The number of pyridine rings is 3. The van der Waals surface area contributed by atoms with Gasteiger partial charge in [-0.1, -0.05) is 23.2 Å². The lowest BCUT2D eigenvalue weighted by Crippen LogP contribution is -2.26. The predicted octanol–water partition coefficient (Wildman–Crippen LogP) is 9.80. The molecule has 0 bridgehead atoms. The first-order valence-corrected chi connectivity index (χ1v) is 28.9. The summed E-state index contributed by atoms with van der Waals surface area (Å²) in [6.45, 7) is 10.9. The van der Waals surface area contributed by atoms with Crippen LogP contribution in [-0.4, -0.2) is 136 Å². The number of aromatic nitrogens is 15. The Morgan fingerprint density at radius 3 is 1.09 bits per heavy atom. The number of H-pyrrole nitrogens is 1. The standard InChI is InChI=1S/2C21H22N6O3.C20H20N6O3.CHF3O3/c2*1-21(2,29)13-27-12-16(19(25-27)15-6-4-5-9-22-15)24-20(28)18-8-7-17(30-18)14-10-23-26(3)11-14;1-20(2,28)12-26-11-15(18(25-26)14-5-3-4-8-21-14)24-19(27)17-7-6-16(29-17)13-9-22-23-10-13;2-1(3,4)6-7-5/h2*4-12,29H,13H2,1-3H3,(H,24,28);3-11,28H,12H2,1-2H3,(H,22,23)(H,24,27);5H. The average Bonchev–Trinajstić information content (AvgIpc) is 1.68. The highest BCUT2D eigenvalue weighted by molar-refractivity contribution is 6.06. The minimum Gasteiger partial charge on any atom is -0.451 e. The molecular weight excluding hydrogens is 1260 g/mol. The number of anilines is 3. The number of hydrogen-bond donors (Lipinski definition) is 8. The minimum absolute atomic E-state index is 0.156. The van der Waals surface area contributed by atoms with Crippen LogP contribution in [0.3, 0.4) is 0 Å². The fourth-order valence-electron chi connectivity index (χ4n) is 8.97. The summed E-state index contributed by atoms with van der Waals surface area (Å²) in [7, 11) is 3.62. The Kier molecular flexibility index (Phi) is 21.3. The first-order chi connectivity index (χ1) is 45.5. The summed E-state index contributed by atoms with van der Waals surface area (Å²) < 4.78 is 56.8. The third kappa shape index (κ3) is 19.5. The molecule has 0 aliphatic carbocycles. The fourth-order valence-corrected chi connectivity index (χ4v) is 8.97. The van der Waals surface area contributed by atoms with Gasteiger partial charge in [-0.05, 0) is 114 Å². The first-order valence-electron chi connectivity index (χ1n) is 28.9. The number of amides is 3. The molecule has 0 aromatic carbocycles. The average molecular weight is 1320 g/mol. The molecule has 12 rings (SSSR count). The Bertz CT molecular complexity index is 4300. The topological polar surface area (TPSA) is 383 Å². The van der Waals surface area contributed by atoms with E-state index in [1.165, 1.54) is 0 Å². The van der Waals surface area contributed by atoms with Gasteiger partial charge in [-0.3, -0.25) is 57.8 Å². The van der Waals surface area contributed by atoms with Crippen LogP contribution < -0.4 is 16.0 Å². The molecule has 12 aromatic rings. The van der Waals surface area contributed by atoms with E-state index >= 15 is 0 Å². The summed E-state index contributed by atoms with van der Waals surface area (Å²) in [5.41, 5.74) is 4.18. The van der Waals surface area contributed by atoms with Crippen LogP contribution in [-0.2, 0) is 43.7 Å². The highest BCUT2D eigenvalue weighted by atomic mass is 19.4. The molecule has 0 spiro atoms. The largest absolute Gasteiger partial charge is 0.551 e. The second kappa shape index (κ2) is 29.6. The number of rotatable bonds is 19. The maximum Gasteiger partial charge on any atom is 0.551 e. The molecule has 12 aromatic heterocycles. The summed E-state index contributed by atoms with van der Waals surface area (Å²) >= 11 is 0. The number of carbonyl (C=O) groups is 3. The molecule has 0 fully saturated rings. The number of carbonyl (C=O) groups excluding carboxylic acids is 3. The number of aliphatic hydroxyl groups is 3. The number of nitrogens with zero attached hydrogens (tertiary/aromatic N) is 14. The van der Waals surface area contributed by atoms with E-state index in [0.717, 1.165) is 16.7 Å². The van der Waals surface area contributed by atoms with E-state index in [-0.39, 0.29) is 36.9 Å². The number of alkyl halides is 3. The Morgan fingerprint density at radius 1 is 0.500 bits per heavy atom. The van der Waals surface area contributed by atoms with Crippen molar-refractivity contribution in [2.24, 2.45) is 14.1 Å². The van der Waals surface area contributed by atoms with Crippen molar-refractivity contribution in [3.63, 3.8) is 0 Å². The van der Waals surface area contributed by atoms with Crippen LogP contribution in [0.5, 0.6) is 0 Å². The van der Waals surface area contributed by atoms with Crippen molar-refractivity contribution < 1.29 is 71.3 Å². The zero-order valence-electron chi connectivity index (χ0n) is 52.7. The van der Waals surface area contributed by atoms with Crippen LogP contribution in [0.15, 0.2) is 179 Å². The summed E-state index contributed by atoms with van der Waals surface area (Å²) in [6, 6.07) is 26.3. The van der Waals surface area contributed by atoms with E-state index < -0.39 is 40.9 Å². The second-order valence-electron chi connectivity index (χ2n) is 23.1. The van der Waals surface area contributed by atoms with Crippen LogP contribution in [0.2, 0.25) is 0 Å². The number of nitrogens with one attached hydrogen (secondary N) is 4. The molecule has 0 saturated carbocycles. The van der Waals surface area contributed by atoms with E-state index in [2.05, 4.69) is 76.5 Å². The van der Waals surface area contributed by atoms with Gasteiger partial charge in [0, 0.05) is 69.9 Å². The predicted molar refractivity (Wildman–Crippen MR) is 338 cm³/mol. The van der Waals surface area contributed by atoms with E-state index in [1.54, 1.807) is 212 Å². The fraction of sp³-hybridized carbons (Fsp3) is 0.238. The number of hydrogen-bond acceptors (Lipinski definition) is 21. The molecule has 500 valence electrons. The number of furan rings is 3. The molecule has 0 saturated heterocycles. The lowest BCUT2D eigenvalue weighted by molar-refractivity contribution is -0.589. The van der Waals surface area contributed by atoms with Crippen molar-refractivity contribution in [1.29, 1.82) is 0 Å². The van der Waals surface area contributed by atoms with Crippen molar-refractivity contribution >= 4 is 34.8 Å². The zero-order valence-corrected chi connectivity index (χ0v) is 52.7. The molecule has 30 nitrogen and oxygen atoms in total.